The monoisotopic (exact) mass is 386 g/mol. The van der Waals surface area contributed by atoms with Crippen molar-refractivity contribution in [1.29, 1.82) is 0 Å². The first kappa shape index (κ1) is 19.3. The van der Waals surface area contributed by atoms with Crippen LogP contribution in [0.25, 0.3) is 0 Å². The number of halogens is 1. The summed E-state index contributed by atoms with van der Waals surface area (Å²) < 4.78 is 23.1. The van der Waals surface area contributed by atoms with Crippen molar-refractivity contribution in [2.24, 2.45) is 5.92 Å². The van der Waals surface area contributed by atoms with E-state index in [4.69, 9.17) is 9.47 Å². The topological polar surface area (TPSA) is 84.9 Å². The van der Waals surface area contributed by atoms with E-state index in [1.54, 1.807) is 24.3 Å². The van der Waals surface area contributed by atoms with Gasteiger partial charge in [-0.2, -0.15) is 0 Å². The van der Waals surface area contributed by atoms with Crippen LogP contribution in [0.15, 0.2) is 48.5 Å². The molecule has 0 aromatic heterocycles. The van der Waals surface area contributed by atoms with Crippen LogP contribution in [0.5, 0.6) is 5.75 Å². The molecule has 7 nitrogen and oxygen atoms in total. The van der Waals surface area contributed by atoms with Gasteiger partial charge in [0.15, 0.2) is 6.61 Å². The number of esters is 1. The number of nitrogens with one attached hydrogen (secondary N) is 1. The van der Waals surface area contributed by atoms with Crippen LogP contribution in [-0.4, -0.2) is 38.0 Å². The molecule has 0 spiro atoms. The first-order valence-electron chi connectivity index (χ1n) is 8.62. The number of nitrogens with zero attached hydrogens (tertiary/aromatic N) is 1. The number of carbonyl (C=O) groups excluding carboxylic acids is 3. The minimum Gasteiger partial charge on any atom is -0.497 e. The van der Waals surface area contributed by atoms with Crippen molar-refractivity contribution in [2.45, 2.75) is 6.42 Å². The summed E-state index contributed by atoms with van der Waals surface area (Å²) in [7, 11) is 1.51. The van der Waals surface area contributed by atoms with E-state index < -0.39 is 30.2 Å². The summed E-state index contributed by atoms with van der Waals surface area (Å²) in [4.78, 5) is 37.7. The second-order valence-electron chi connectivity index (χ2n) is 6.27. The lowest BCUT2D eigenvalue weighted by molar-refractivity contribution is -0.151. The standard InChI is InChI=1S/C20H19FN2O5/c1-27-17-4-2-3-15(10-17)22-18(24)12-28-20(26)13-9-19(25)23(11-13)16-7-5-14(21)6-8-16/h2-8,10,13H,9,11-12H2,1H3,(H,22,24). The molecule has 146 valence electrons. The molecule has 1 heterocycles. The quantitative estimate of drug-likeness (QED) is 0.771. The Morgan fingerprint density at radius 3 is 2.68 bits per heavy atom. The summed E-state index contributed by atoms with van der Waals surface area (Å²) in [6, 6.07) is 12.2. The second-order valence-corrected chi connectivity index (χ2v) is 6.27. The Hall–Kier alpha value is -3.42. The van der Waals surface area contributed by atoms with Crippen molar-refractivity contribution in [1.82, 2.24) is 0 Å². The molecule has 8 heteroatoms. The predicted octanol–water partition coefficient (Wildman–Crippen LogP) is 2.37. The molecule has 0 aliphatic carbocycles. The molecule has 1 fully saturated rings. The molecule has 0 radical (unpaired) electrons. The fourth-order valence-electron chi connectivity index (χ4n) is 2.89. The van der Waals surface area contributed by atoms with E-state index in [1.807, 2.05) is 0 Å². The Balaban J connectivity index is 1.51. The van der Waals surface area contributed by atoms with Gasteiger partial charge in [-0.05, 0) is 36.4 Å². The van der Waals surface area contributed by atoms with Gasteiger partial charge in [-0.1, -0.05) is 6.07 Å². The maximum absolute atomic E-state index is 13.0. The van der Waals surface area contributed by atoms with Crippen molar-refractivity contribution in [2.75, 3.05) is 30.5 Å². The third-order valence-corrected chi connectivity index (χ3v) is 4.30. The van der Waals surface area contributed by atoms with Crippen molar-refractivity contribution in [3.8, 4) is 5.75 Å². The van der Waals surface area contributed by atoms with Crippen LogP contribution in [0.4, 0.5) is 15.8 Å². The average molecular weight is 386 g/mol. The van der Waals surface area contributed by atoms with Crippen LogP contribution >= 0.6 is 0 Å². The number of methoxy groups -OCH3 is 1. The summed E-state index contributed by atoms with van der Waals surface area (Å²) in [5, 5.41) is 2.60. The fraction of sp³-hybridized carbons (Fsp3) is 0.250. The van der Waals surface area contributed by atoms with Gasteiger partial charge in [0.1, 0.15) is 11.6 Å². The summed E-state index contributed by atoms with van der Waals surface area (Å²) in [6.07, 6.45) is -0.0201. The molecule has 1 aliphatic heterocycles. The number of rotatable bonds is 6. The zero-order chi connectivity index (χ0) is 20.1. The molecule has 0 bridgehead atoms. The predicted molar refractivity (Wildman–Crippen MR) is 99.4 cm³/mol. The van der Waals surface area contributed by atoms with Crippen LogP contribution in [-0.2, 0) is 19.1 Å². The van der Waals surface area contributed by atoms with Gasteiger partial charge in [-0.25, -0.2) is 4.39 Å². The van der Waals surface area contributed by atoms with Crippen molar-refractivity contribution in [3.63, 3.8) is 0 Å². The third-order valence-electron chi connectivity index (χ3n) is 4.30. The van der Waals surface area contributed by atoms with Crippen LogP contribution < -0.4 is 15.0 Å². The van der Waals surface area contributed by atoms with Crippen LogP contribution in [0.1, 0.15) is 6.42 Å². The van der Waals surface area contributed by atoms with E-state index in [1.165, 1.54) is 36.3 Å². The smallest absolute Gasteiger partial charge is 0.311 e. The van der Waals surface area contributed by atoms with E-state index in [2.05, 4.69) is 5.32 Å². The van der Waals surface area contributed by atoms with Crippen LogP contribution in [0.3, 0.4) is 0 Å². The SMILES string of the molecule is COc1cccc(NC(=O)COC(=O)C2CC(=O)N(c3ccc(F)cc3)C2)c1. The zero-order valence-corrected chi connectivity index (χ0v) is 15.2. The van der Waals surface area contributed by atoms with Crippen molar-refractivity contribution in [3.05, 3.63) is 54.3 Å². The number of amides is 2. The number of carbonyl (C=O) groups is 3. The molecule has 28 heavy (non-hydrogen) atoms. The van der Waals surface area contributed by atoms with Gasteiger partial charge in [0.25, 0.3) is 5.91 Å². The maximum atomic E-state index is 13.0. The number of ether oxygens (including phenoxy) is 2. The lowest BCUT2D eigenvalue weighted by Crippen LogP contribution is -2.28. The van der Waals surface area contributed by atoms with Gasteiger partial charge < -0.3 is 19.7 Å². The third kappa shape index (κ3) is 4.64. The zero-order valence-electron chi connectivity index (χ0n) is 15.2. The lowest BCUT2D eigenvalue weighted by atomic mass is 10.1. The van der Waals surface area contributed by atoms with Gasteiger partial charge in [-0.3, -0.25) is 14.4 Å². The van der Waals surface area contributed by atoms with Gasteiger partial charge in [-0.15, -0.1) is 0 Å². The molecule has 0 saturated carbocycles. The van der Waals surface area contributed by atoms with Crippen LogP contribution in [0.2, 0.25) is 0 Å². The summed E-state index contributed by atoms with van der Waals surface area (Å²) in [5.74, 6) is -1.88. The number of benzene rings is 2. The summed E-state index contributed by atoms with van der Waals surface area (Å²) in [5.41, 5.74) is 1.02. The van der Waals surface area contributed by atoms with Gasteiger partial charge in [0.2, 0.25) is 5.91 Å². The first-order valence-corrected chi connectivity index (χ1v) is 8.62. The Kier molecular flexibility index (Phi) is 5.88. The highest BCUT2D eigenvalue weighted by Gasteiger charge is 2.36. The normalized spacial score (nSPS) is 16.0. The maximum Gasteiger partial charge on any atom is 0.311 e. The van der Waals surface area contributed by atoms with Crippen molar-refractivity contribution < 1.29 is 28.2 Å². The number of anilines is 2. The molecule has 1 N–H and O–H groups in total. The van der Waals surface area contributed by atoms with Crippen molar-refractivity contribution >= 4 is 29.2 Å². The minimum atomic E-state index is -0.679. The molecular weight excluding hydrogens is 367 g/mol. The largest absolute Gasteiger partial charge is 0.497 e. The molecule has 1 aliphatic rings. The highest BCUT2D eigenvalue weighted by atomic mass is 19.1. The van der Waals surface area contributed by atoms with E-state index in [9.17, 15) is 18.8 Å². The molecule has 2 aromatic rings. The fourth-order valence-corrected chi connectivity index (χ4v) is 2.89. The van der Waals surface area contributed by atoms with E-state index in [-0.39, 0.29) is 18.9 Å². The molecular formula is C20H19FN2O5. The van der Waals surface area contributed by atoms with E-state index in [0.717, 1.165) is 0 Å². The second kappa shape index (κ2) is 8.51. The average Bonchev–Trinajstić information content (AvgIpc) is 3.08. The minimum absolute atomic E-state index is 0.0201. The Morgan fingerprint density at radius 1 is 1.21 bits per heavy atom. The molecule has 1 saturated heterocycles. The molecule has 2 amide bonds. The summed E-state index contributed by atoms with van der Waals surface area (Å²) in [6.45, 7) is -0.335. The Bertz CT molecular complexity index is 884. The molecule has 2 aromatic carbocycles. The van der Waals surface area contributed by atoms with Gasteiger partial charge >= 0.3 is 5.97 Å². The van der Waals surface area contributed by atoms with E-state index >= 15 is 0 Å². The molecule has 1 atom stereocenters. The number of hydrogen-bond donors (Lipinski definition) is 1. The summed E-state index contributed by atoms with van der Waals surface area (Å²) >= 11 is 0. The molecule has 1 unspecified atom stereocenters. The Morgan fingerprint density at radius 2 is 1.96 bits per heavy atom. The molecule has 3 rings (SSSR count). The Labute approximate surface area is 161 Å². The first-order chi connectivity index (χ1) is 13.5. The van der Waals surface area contributed by atoms with Gasteiger partial charge in [0, 0.05) is 30.4 Å². The van der Waals surface area contributed by atoms with Crippen LogP contribution in [0, 0.1) is 11.7 Å². The lowest BCUT2D eigenvalue weighted by Gasteiger charge is -2.16. The number of hydrogen-bond acceptors (Lipinski definition) is 5. The highest BCUT2D eigenvalue weighted by molar-refractivity contribution is 6.00. The van der Waals surface area contributed by atoms with E-state index in [0.29, 0.717) is 17.1 Å². The van der Waals surface area contributed by atoms with Gasteiger partial charge in [0.05, 0.1) is 13.0 Å². The highest BCUT2D eigenvalue weighted by Crippen LogP contribution is 2.26.